The topological polar surface area (TPSA) is 60.1 Å². The molecular weight excluding hydrogens is 313 g/mol. The molecule has 2 aromatic rings. The van der Waals surface area contributed by atoms with Crippen molar-refractivity contribution in [2.24, 2.45) is 0 Å². The lowest BCUT2D eigenvalue weighted by Gasteiger charge is -2.32. The van der Waals surface area contributed by atoms with Crippen LogP contribution in [0.15, 0.2) is 30.6 Å². The maximum absolute atomic E-state index is 9.65. The van der Waals surface area contributed by atoms with Crippen molar-refractivity contribution in [2.45, 2.75) is 57.7 Å². The minimum absolute atomic E-state index is 0.385. The molecule has 0 amide bonds. The number of hydrogen-bond donors (Lipinski definition) is 0. The van der Waals surface area contributed by atoms with Crippen LogP contribution in [0.1, 0.15) is 57.6 Å². The van der Waals surface area contributed by atoms with Crippen LogP contribution < -0.4 is 5.46 Å². The lowest BCUT2D eigenvalue weighted by Crippen LogP contribution is -2.41. The fourth-order valence-corrected chi connectivity index (χ4v) is 3.17. The summed E-state index contributed by atoms with van der Waals surface area (Å²) in [5.41, 5.74) is 2.75. The van der Waals surface area contributed by atoms with Gasteiger partial charge in [-0.1, -0.05) is 12.1 Å². The van der Waals surface area contributed by atoms with Crippen LogP contribution in [-0.4, -0.2) is 28.1 Å². The number of hydrogen-bond acceptors (Lipinski definition) is 4. The molecule has 0 unspecified atom stereocenters. The second kappa shape index (κ2) is 5.45. The molecular formula is C19H22BN3O2. The number of aromatic nitrogens is 2. The first-order valence-corrected chi connectivity index (χ1v) is 8.76. The van der Waals surface area contributed by atoms with E-state index in [4.69, 9.17) is 9.31 Å². The molecule has 0 N–H and O–H groups in total. The maximum Gasteiger partial charge on any atom is 0.498 e. The number of rotatable bonds is 3. The second-order valence-corrected chi connectivity index (χ2v) is 7.93. The molecule has 6 heteroatoms. The summed E-state index contributed by atoms with van der Waals surface area (Å²) in [7, 11) is -0.448. The average molecular weight is 335 g/mol. The third-order valence-corrected chi connectivity index (χ3v) is 5.58. The summed E-state index contributed by atoms with van der Waals surface area (Å²) in [6, 6.07) is 8.36. The molecule has 4 rings (SSSR count). The van der Waals surface area contributed by atoms with Crippen molar-refractivity contribution in [3.8, 4) is 11.8 Å². The van der Waals surface area contributed by atoms with Crippen LogP contribution in [0, 0.1) is 11.3 Å². The first-order chi connectivity index (χ1) is 11.8. The summed E-state index contributed by atoms with van der Waals surface area (Å²) < 4.78 is 13.9. The number of nitriles is 1. The maximum atomic E-state index is 9.65. The minimum Gasteiger partial charge on any atom is -0.399 e. The Hall–Kier alpha value is -2.10. The lowest BCUT2D eigenvalue weighted by molar-refractivity contribution is 0.00578. The number of nitrogens with zero attached hydrogens (tertiary/aromatic N) is 3. The Bertz CT molecular complexity index is 846. The molecule has 0 radical (unpaired) electrons. The van der Waals surface area contributed by atoms with Crippen molar-refractivity contribution in [1.29, 1.82) is 5.26 Å². The van der Waals surface area contributed by atoms with Crippen molar-refractivity contribution < 1.29 is 9.31 Å². The van der Waals surface area contributed by atoms with E-state index in [1.807, 2.05) is 46.0 Å². The SMILES string of the molecule is CC1(C)OB(c2cnn(-c3cccc(C4CC4)c3C#N)c2)OC1(C)C. The van der Waals surface area contributed by atoms with Crippen molar-refractivity contribution in [3.63, 3.8) is 0 Å². The van der Waals surface area contributed by atoms with E-state index >= 15 is 0 Å². The van der Waals surface area contributed by atoms with Gasteiger partial charge in [0.1, 0.15) is 6.07 Å². The monoisotopic (exact) mass is 335 g/mol. The minimum atomic E-state index is -0.448. The smallest absolute Gasteiger partial charge is 0.399 e. The zero-order valence-electron chi connectivity index (χ0n) is 15.1. The van der Waals surface area contributed by atoms with Gasteiger partial charge in [0.25, 0.3) is 0 Å². The van der Waals surface area contributed by atoms with E-state index in [2.05, 4.69) is 17.2 Å². The molecule has 1 aromatic carbocycles. The molecule has 2 heterocycles. The third kappa shape index (κ3) is 2.68. The van der Waals surface area contributed by atoms with Crippen molar-refractivity contribution >= 4 is 12.6 Å². The first-order valence-electron chi connectivity index (χ1n) is 8.76. The Morgan fingerprint density at radius 3 is 2.48 bits per heavy atom. The van der Waals surface area contributed by atoms with Gasteiger partial charge in [-0.3, -0.25) is 0 Å². The Labute approximate surface area is 148 Å². The van der Waals surface area contributed by atoms with E-state index in [-0.39, 0.29) is 11.2 Å². The van der Waals surface area contributed by atoms with Crippen LogP contribution in [0.4, 0.5) is 0 Å². The summed E-state index contributed by atoms with van der Waals surface area (Å²) in [5.74, 6) is 0.521. The molecule has 2 aliphatic rings. The van der Waals surface area contributed by atoms with Crippen molar-refractivity contribution in [1.82, 2.24) is 9.78 Å². The van der Waals surface area contributed by atoms with Gasteiger partial charge in [-0.2, -0.15) is 10.4 Å². The van der Waals surface area contributed by atoms with Gasteiger partial charge in [0.2, 0.25) is 0 Å². The summed E-state index contributed by atoms with van der Waals surface area (Å²) >= 11 is 0. The van der Waals surface area contributed by atoms with E-state index in [1.165, 1.54) is 0 Å². The zero-order valence-corrected chi connectivity index (χ0v) is 15.1. The summed E-state index contributed by atoms with van der Waals surface area (Å²) in [5, 5.41) is 14.1. The van der Waals surface area contributed by atoms with E-state index < -0.39 is 7.12 Å². The van der Waals surface area contributed by atoms with E-state index in [9.17, 15) is 5.26 Å². The third-order valence-electron chi connectivity index (χ3n) is 5.58. The van der Waals surface area contributed by atoms with Gasteiger partial charge < -0.3 is 9.31 Å². The van der Waals surface area contributed by atoms with Crippen LogP contribution in [0.25, 0.3) is 5.69 Å². The van der Waals surface area contributed by atoms with Crippen LogP contribution in [0.2, 0.25) is 0 Å². The van der Waals surface area contributed by atoms with E-state index in [0.717, 1.165) is 29.6 Å². The van der Waals surface area contributed by atoms with Crippen molar-refractivity contribution in [3.05, 3.63) is 41.7 Å². The molecule has 1 aliphatic carbocycles. The molecule has 1 saturated heterocycles. The molecule has 0 bridgehead atoms. The number of benzene rings is 1. The molecule has 128 valence electrons. The van der Waals surface area contributed by atoms with Crippen LogP contribution in [0.5, 0.6) is 0 Å². The highest BCUT2D eigenvalue weighted by atomic mass is 16.7. The van der Waals surface area contributed by atoms with Crippen LogP contribution in [0.3, 0.4) is 0 Å². The van der Waals surface area contributed by atoms with Gasteiger partial charge in [-0.05, 0) is 58.1 Å². The highest BCUT2D eigenvalue weighted by Crippen LogP contribution is 2.42. The molecule has 25 heavy (non-hydrogen) atoms. The normalized spacial score (nSPS) is 21.3. The quantitative estimate of drug-likeness (QED) is 0.809. The zero-order chi connectivity index (χ0) is 17.8. The average Bonchev–Trinajstić information content (AvgIpc) is 3.23. The van der Waals surface area contributed by atoms with Gasteiger partial charge in [-0.25, -0.2) is 4.68 Å². The summed E-state index contributed by atoms with van der Waals surface area (Å²) in [4.78, 5) is 0. The van der Waals surface area contributed by atoms with Gasteiger partial charge >= 0.3 is 7.12 Å². The van der Waals surface area contributed by atoms with E-state index in [0.29, 0.717) is 11.5 Å². The Kier molecular flexibility index (Phi) is 3.57. The predicted octanol–water partition coefficient (Wildman–Crippen LogP) is 2.92. The van der Waals surface area contributed by atoms with Crippen LogP contribution >= 0.6 is 0 Å². The van der Waals surface area contributed by atoms with Gasteiger partial charge in [-0.15, -0.1) is 0 Å². The highest BCUT2D eigenvalue weighted by molar-refractivity contribution is 6.62. The van der Waals surface area contributed by atoms with Gasteiger partial charge in [0, 0.05) is 17.9 Å². The molecule has 1 aromatic heterocycles. The molecule has 1 aliphatic heterocycles. The van der Waals surface area contributed by atoms with Crippen LogP contribution in [-0.2, 0) is 9.31 Å². The molecule has 0 spiro atoms. The van der Waals surface area contributed by atoms with Crippen molar-refractivity contribution in [2.75, 3.05) is 0 Å². The summed E-state index contributed by atoms with van der Waals surface area (Å²) in [6.45, 7) is 8.13. The largest absolute Gasteiger partial charge is 0.498 e. The molecule has 2 fully saturated rings. The fourth-order valence-electron chi connectivity index (χ4n) is 3.17. The Morgan fingerprint density at radius 1 is 1.20 bits per heavy atom. The summed E-state index contributed by atoms with van der Waals surface area (Å²) in [6.07, 6.45) is 5.98. The molecule has 1 saturated carbocycles. The van der Waals surface area contributed by atoms with Gasteiger partial charge in [0.15, 0.2) is 0 Å². The first kappa shape index (κ1) is 16.4. The Balaban J connectivity index is 1.67. The fraction of sp³-hybridized carbons (Fsp3) is 0.474. The lowest BCUT2D eigenvalue weighted by atomic mass is 9.82. The standard InChI is InChI=1S/C19H22BN3O2/c1-18(2)19(3,4)25-20(24-18)14-11-22-23(12-14)17-7-5-6-15(13-8-9-13)16(17)10-21/h5-7,11-13H,8-9H2,1-4H3. The highest BCUT2D eigenvalue weighted by Gasteiger charge is 2.52. The van der Waals surface area contributed by atoms with Gasteiger partial charge in [0.05, 0.1) is 22.5 Å². The Morgan fingerprint density at radius 2 is 1.88 bits per heavy atom. The molecule has 5 nitrogen and oxygen atoms in total. The van der Waals surface area contributed by atoms with E-state index in [1.54, 1.807) is 10.9 Å². The second-order valence-electron chi connectivity index (χ2n) is 7.93. The predicted molar refractivity (Wildman–Crippen MR) is 96.0 cm³/mol. The molecule has 0 atom stereocenters.